The first-order valence-corrected chi connectivity index (χ1v) is 8.25. The Balaban J connectivity index is 1.98. The van der Waals surface area contributed by atoms with Crippen LogP contribution in [0.15, 0.2) is 30.6 Å². The van der Waals surface area contributed by atoms with Crippen molar-refractivity contribution in [3.05, 3.63) is 41.2 Å². The molecule has 1 aliphatic rings. The van der Waals surface area contributed by atoms with Gasteiger partial charge in [-0.05, 0) is 30.9 Å². The lowest BCUT2D eigenvalue weighted by Crippen LogP contribution is -2.07. The number of aromatic nitrogens is 1. The summed E-state index contributed by atoms with van der Waals surface area (Å²) in [4.78, 5) is 4.32. The lowest BCUT2D eigenvalue weighted by atomic mass is 9.80. The average Bonchev–Trinajstić information content (AvgIpc) is 3.03. The Labute approximate surface area is 146 Å². The highest BCUT2D eigenvalue weighted by molar-refractivity contribution is 6.43. The van der Waals surface area contributed by atoms with Crippen LogP contribution in [-0.2, 0) is 4.65 Å². The van der Waals surface area contributed by atoms with Gasteiger partial charge in [0.05, 0.1) is 18.7 Å². The van der Waals surface area contributed by atoms with E-state index in [0.29, 0.717) is 36.1 Å². The maximum Gasteiger partial charge on any atom is 0.454 e. The van der Waals surface area contributed by atoms with E-state index in [2.05, 4.69) is 4.98 Å². The second-order valence-electron chi connectivity index (χ2n) is 5.64. The van der Waals surface area contributed by atoms with Crippen LogP contribution in [0.5, 0.6) is 11.5 Å². The van der Waals surface area contributed by atoms with Crippen molar-refractivity contribution >= 4 is 18.7 Å². The molecule has 126 valence electrons. The topological polar surface area (TPSA) is 60.8 Å². The lowest BCUT2D eigenvalue weighted by molar-refractivity contribution is 0.292. The van der Waals surface area contributed by atoms with Crippen molar-refractivity contribution in [1.82, 2.24) is 4.98 Å². The van der Waals surface area contributed by atoms with Gasteiger partial charge in [-0.3, -0.25) is 4.98 Å². The molecule has 24 heavy (non-hydrogen) atoms. The van der Waals surface area contributed by atoms with Crippen molar-refractivity contribution in [2.45, 2.75) is 19.2 Å². The van der Waals surface area contributed by atoms with Crippen molar-refractivity contribution in [3.8, 4) is 22.6 Å². The van der Waals surface area contributed by atoms with E-state index >= 15 is 0 Å². The molecule has 0 amide bonds. The van der Waals surface area contributed by atoms with E-state index in [1.54, 1.807) is 25.6 Å². The Hall–Kier alpha value is -1.76. The molecule has 7 heteroatoms. The summed E-state index contributed by atoms with van der Waals surface area (Å²) in [6.07, 6.45) is 4.14. The van der Waals surface area contributed by atoms with Crippen LogP contribution in [0.4, 0.5) is 0 Å². The van der Waals surface area contributed by atoms with E-state index in [4.69, 9.17) is 25.7 Å². The zero-order valence-electron chi connectivity index (χ0n) is 13.7. The molecule has 1 saturated heterocycles. The number of hydrogen-bond acceptors (Lipinski definition) is 5. The zero-order valence-corrected chi connectivity index (χ0v) is 14.4. The second-order valence-corrected chi connectivity index (χ2v) is 6.05. The fourth-order valence-electron chi connectivity index (χ4n) is 2.85. The van der Waals surface area contributed by atoms with Crippen LogP contribution in [0.25, 0.3) is 11.1 Å². The molecule has 3 rings (SSSR count). The van der Waals surface area contributed by atoms with Crippen LogP contribution in [0.3, 0.4) is 0 Å². The SMILES string of the molecule is CCOc1cc(-c2cncc([C@@H]3COB(O)C3)c2)c(Cl)cc1OC. The third-order valence-corrected chi connectivity index (χ3v) is 4.38. The molecule has 5 nitrogen and oxygen atoms in total. The van der Waals surface area contributed by atoms with Gasteiger partial charge in [0.15, 0.2) is 11.5 Å². The molecule has 1 aromatic heterocycles. The quantitative estimate of drug-likeness (QED) is 0.840. The van der Waals surface area contributed by atoms with E-state index in [-0.39, 0.29) is 5.92 Å². The summed E-state index contributed by atoms with van der Waals surface area (Å²) in [6.45, 7) is 2.95. The Kier molecular flexibility index (Phi) is 5.28. The largest absolute Gasteiger partial charge is 0.493 e. The summed E-state index contributed by atoms with van der Waals surface area (Å²) in [5.74, 6) is 1.38. The number of hydrogen-bond donors (Lipinski definition) is 1. The highest BCUT2D eigenvalue weighted by Gasteiger charge is 2.30. The molecule has 0 radical (unpaired) electrons. The van der Waals surface area contributed by atoms with Crippen molar-refractivity contribution in [3.63, 3.8) is 0 Å². The summed E-state index contributed by atoms with van der Waals surface area (Å²) in [6, 6.07) is 5.64. The Morgan fingerprint density at radius 2 is 2.17 bits per heavy atom. The van der Waals surface area contributed by atoms with Crippen LogP contribution >= 0.6 is 11.6 Å². The molecular formula is C17H19BClNO4. The first-order valence-electron chi connectivity index (χ1n) is 7.87. The van der Waals surface area contributed by atoms with Crippen LogP contribution in [0, 0.1) is 0 Å². The molecular weight excluding hydrogens is 328 g/mol. The molecule has 0 saturated carbocycles. The van der Waals surface area contributed by atoms with Gasteiger partial charge in [-0.25, -0.2) is 0 Å². The van der Waals surface area contributed by atoms with E-state index in [1.807, 2.05) is 19.1 Å². The lowest BCUT2D eigenvalue weighted by Gasteiger charge is -2.14. The molecule has 2 heterocycles. The Morgan fingerprint density at radius 3 is 2.83 bits per heavy atom. The summed E-state index contributed by atoms with van der Waals surface area (Å²) in [5.41, 5.74) is 2.74. The van der Waals surface area contributed by atoms with Crippen molar-refractivity contribution < 1.29 is 19.2 Å². The van der Waals surface area contributed by atoms with E-state index in [1.165, 1.54) is 0 Å². The zero-order chi connectivity index (χ0) is 17.1. The number of nitrogens with zero attached hydrogens (tertiary/aromatic N) is 1. The first kappa shape index (κ1) is 17.1. The maximum absolute atomic E-state index is 9.55. The number of halogens is 1. The number of methoxy groups -OCH3 is 1. The predicted octanol–water partition coefficient (Wildman–Crippen LogP) is 3.40. The number of pyridine rings is 1. The van der Waals surface area contributed by atoms with Gasteiger partial charge in [-0.15, -0.1) is 0 Å². The van der Waals surface area contributed by atoms with Crippen LogP contribution < -0.4 is 9.47 Å². The number of benzene rings is 1. The van der Waals surface area contributed by atoms with Crippen molar-refractivity contribution in [2.75, 3.05) is 20.3 Å². The van der Waals surface area contributed by atoms with Gasteiger partial charge >= 0.3 is 7.12 Å². The molecule has 2 aromatic rings. The van der Waals surface area contributed by atoms with Crippen LogP contribution in [-0.4, -0.2) is 37.4 Å². The van der Waals surface area contributed by atoms with Crippen LogP contribution in [0.2, 0.25) is 11.3 Å². The summed E-state index contributed by atoms with van der Waals surface area (Å²) in [5, 5.41) is 10.1. The minimum atomic E-state index is -0.701. The molecule has 1 atom stereocenters. The maximum atomic E-state index is 9.55. The van der Waals surface area contributed by atoms with Gasteiger partial charge in [-0.1, -0.05) is 11.6 Å². The van der Waals surface area contributed by atoms with Gasteiger partial charge < -0.3 is 19.2 Å². The highest BCUT2D eigenvalue weighted by atomic mass is 35.5. The number of rotatable bonds is 5. The Morgan fingerprint density at radius 1 is 1.33 bits per heavy atom. The number of ether oxygens (including phenoxy) is 2. The van der Waals surface area contributed by atoms with Crippen molar-refractivity contribution in [2.24, 2.45) is 0 Å². The molecule has 0 unspecified atom stereocenters. The monoisotopic (exact) mass is 347 g/mol. The first-order chi connectivity index (χ1) is 11.6. The van der Waals surface area contributed by atoms with E-state index < -0.39 is 7.12 Å². The minimum Gasteiger partial charge on any atom is -0.493 e. The highest BCUT2D eigenvalue weighted by Crippen LogP contribution is 2.39. The van der Waals surface area contributed by atoms with Crippen LogP contribution in [0.1, 0.15) is 18.4 Å². The molecule has 1 fully saturated rings. The molecule has 1 aromatic carbocycles. The molecule has 0 spiro atoms. The summed E-state index contributed by atoms with van der Waals surface area (Å²) >= 11 is 6.42. The summed E-state index contributed by atoms with van der Waals surface area (Å²) in [7, 11) is 0.884. The van der Waals surface area contributed by atoms with Crippen molar-refractivity contribution in [1.29, 1.82) is 0 Å². The second kappa shape index (κ2) is 7.42. The van der Waals surface area contributed by atoms with E-state index in [0.717, 1.165) is 16.7 Å². The van der Waals surface area contributed by atoms with Gasteiger partial charge in [0.2, 0.25) is 0 Å². The molecule has 1 aliphatic heterocycles. The van der Waals surface area contributed by atoms with Gasteiger partial charge in [0.1, 0.15) is 0 Å². The molecule has 0 bridgehead atoms. The average molecular weight is 348 g/mol. The summed E-state index contributed by atoms with van der Waals surface area (Å²) < 4.78 is 16.2. The Bertz CT molecular complexity index is 728. The third-order valence-electron chi connectivity index (χ3n) is 4.07. The fourth-order valence-corrected chi connectivity index (χ4v) is 3.11. The predicted molar refractivity (Wildman–Crippen MR) is 93.9 cm³/mol. The standard InChI is InChI=1S/C17H19BClNO4/c1-3-23-17-5-14(15(19)6-16(17)22-2)12-4-11(8-20-9-12)13-7-18(21)24-10-13/h4-6,8-9,13,21H,3,7,10H2,1-2H3/t13-/m0/s1. The fraction of sp³-hybridized carbons (Fsp3) is 0.353. The normalized spacial score (nSPS) is 17.2. The van der Waals surface area contributed by atoms with E-state index in [9.17, 15) is 5.02 Å². The minimum absolute atomic E-state index is 0.135. The smallest absolute Gasteiger partial charge is 0.454 e. The molecule has 0 aliphatic carbocycles. The van der Waals surface area contributed by atoms with Gasteiger partial charge in [0, 0.05) is 42.1 Å². The third kappa shape index (κ3) is 3.51. The van der Waals surface area contributed by atoms with Gasteiger partial charge in [0.25, 0.3) is 0 Å². The molecule has 1 N–H and O–H groups in total. The van der Waals surface area contributed by atoms with Gasteiger partial charge in [-0.2, -0.15) is 0 Å².